The first-order valence-electron chi connectivity index (χ1n) is 6.86. The van der Waals surface area contributed by atoms with Gasteiger partial charge in [-0.15, -0.1) is 0 Å². The molecule has 2 heterocycles. The van der Waals surface area contributed by atoms with Crippen LogP contribution in [-0.4, -0.2) is 9.78 Å². The van der Waals surface area contributed by atoms with E-state index in [2.05, 4.69) is 26.3 Å². The molecule has 1 aliphatic heterocycles. The molecule has 102 valence electrons. The first-order chi connectivity index (χ1) is 9.66. The minimum atomic E-state index is -0.0424. The van der Waals surface area contributed by atoms with Crippen LogP contribution in [0.5, 0.6) is 0 Å². The topological polar surface area (TPSA) is 46.9 Å². The third-order valence-electron chi connectivity index (χ3n) is 4.20. The molecule has 4 rings (SSSR count). The maximum Gasteiger partial charge on any atom is 0.274 e. The molecule has 1 aromatic heterocycles. The Balaban J connectivity index is 2.18. The monoisotopic (exact) mass is 331 g/mol. The maximum absolute atomic E-state index is 12.3. The van der Waals surface area contributed by atoms with Crippen LogP contribution in [0.2, 0.25) is 0 Å². The van der Waals surface area contributed by atoms with Crippen molar-refractivity contribution < 1.29 is 0 Å². The van der Waals surface area contributed by atoms with Crippen LogP contribution < -0.4 is 10.9 Å². The molecular weight excluding hydrogens is 318 g/mol. The number of fused-ring (bicyclic) bond motifs is 1. The van der Waals surface area contributed by atoms with Crippen molar-refractivity contribution in [1.82, 2.24) is 9.78 Å². The molecule has 2 aromatic rings. The Morgan fingerprint density at radius 2 is 2.10 bits per heavy atom. The fourth-order valence-electron chi connectivity index (χ4n) is 3.21. The lowest BCUT2D eigenvalue weighted by atomic mass is 9.88. The standard InChI is InChI=1S/C15H14BrN3O/c1-19-15(20)9-6-7-10(16)14-12(9)13(18-19)8-4-2-3-5-11(8)17-14/h6-7,17H,2-5H2,1H3. The molecule has 0 bridgehead atoms. The largest absolute Gasteiger partial charge is 0.357 e. The van der Waals surface area contributed by atoms with Gasteiger partial charge in [0.05, 0.1) is 16.8 Å². The quantitative estimate of drug-likeness (QED) is 0.804. The van der Waals surface area contributed by atoms with Gasteiger partial charge in [0.25, 0.3) is 5.56 Å². The first kappa shape index (κ1) is 12.1. The summed E-state index contributed by atoms with van der Waals surface area (Å²) in [5.41, 5.74) is 4.47. The van der Waals surface area contributed by atoms with Gasteiger partial charge < -0.3 is 5.32 Å². The minimum Gasteiger partial charge on any atom is -0.357 e. The zero-order valence-corrected chi connectivity index (χ0v) is 12.7. The summed E-state index contributed by atoms with van der Waals surface area (Å²) in [7, 11) is 1.73. The van der Waals surface area contributed by atoms with Gasteiger partial charge in [0.1, 0.15) is 0 Å². The fraction of sp³-hybridized carbons (Fsp3) is 0.333. The highest BCUT2D eigenvalue weighted by Gasteiger charge is 2.26. The summed E-state index contributed by atoms with van der Waals surface area (Å²) in [6.45, 7) is 0. The van der Waals surface area contributed by atoms with Crippen LogP contribution in [0.15, 0.2) is 27.1 Å². The molecule has 0 fully saturated rings. The van der Waals surface area contributed by atoms with Gasteiger partial charge in [-0.1, -0.05) is 0 Å². The number of aryl methyl sites for hydroxylation is 1. The van der Waals surface area contributed by atoms with Crippen molar-refractivity contribution in [2.24, 2.45) is 7.05 Å². The van der Waals surface area contributed by atoms with Crippen LogP contribution in [0.3, 0.4) is 0 Å². The summed E-state index contributed by atoms with van der Waals surface area (Å²) in [5, 5.41) is 9.76. The summed E-state index contributed by atoms with van der Waals surface area (Å²) >= 11 is 3.58. The van der Waals surface area contributed by atoms with Gasteiger partial charge in [0, 0.05) is 22.6 Å². The van der Waals surface area contributed by atoms with Crippen molar-refractivity contribution in [3.63, 3.8) is 0 Å². The number of hydrogen-bond donors (Lipinski definition) is 1. The number of allylic oxidation sites excluding steroid dienone is 2. The Morgan fingerprint density at radius 1 is 1.30 bits per heavy atom. The summed E-state index contributed by atoms with van der Waals surface area (Å²) in [6, 6.07) is 3.82. The normalized spacial score (nSPS) is 17.1. The van der Waals surface area contributed by atoms with Crippen molar-refractivity contribution in [1.29, 1.82) is 0 Å². The molecule has 20 heavy (non-hydrogen) atoms. The van der Waals surface area contributed by atoms with Gasteiger partial charge in [-0.05, 0) is 59.3 Å². The van der Waals surface area contributed by atoms with E-state index in [1.165, 1.54) is 28.8 Å². The minimum absolute atomic E-state index is 0.0424. The van der Waals surface area contributed by atoms with E-state index < -0.39 is 0 Å². The number of anilines is 1. The van der Waals surface area contributed by atoms with Gasteiger partial charge in [0.2, 0.25) is 0 Å². The lowest BCUT2D eigenvalue weighted by Crippen LogP contribution is -2.24. The second-order valence-corrected chi connectivity index (χ2v) is 6.27. The molecule has 2 aliphatic rings. The Kier molecular flexibility index (Phi) is 2.54. The zero-order chi connectivity index (χ0) is 13.9. The Labute approximate surface area is 124 Å². The summed E-state index contributed by atoms with van der Waals surface area (Å²) in [4.78, 5) is 12.3. The van der Waals surface area contributed by atoms with Crippen molar-refractivity contribution in [2.45, 2.75) is 25.7 Å². The molecular formula is C15H14BrN3O. The highest BCUT2D eigenvalue weighted by molar-refractivity contribution is 9.10. The Morgan fingerprint density at radius 3 is 2.95 bits per heavy atom. The second kappa shape index (κ2) is 4.19. The smallest absolute Gasteiger partial charge is 0.274 e. The van der Waals surface area contributed by atoms with Gasteiger partial charge in [-0.2, -0.15) is 5.10 Å². The van der Waals surface area contributed by atoms with Crippen LogP contribution >= 0.6 is 15.9 Å². The molecule has 0 spiro atoms. The number of hydrogen-bond acceptors (Lipinski definition) is 3. The molecule has 1 aromatic carbocycles. The van der Waals surface area contributed by atoms with Crippen LogP contribution in [0.1, 0.15) is 31.4 Å². The van der Waals surface area contributed by atoms with E-state index in [0.717, 1.165) is 39.5 Å². The zero-order valence-electron chi connectivity index (χ0n) is 11.2. The van der Waals surface area contributed by atoms with E-state index in [9.17, 15) is 4.79 Å². The van der Waals surface area contributed by atoms with Crippen LogP contribution in [-0.2, 0) is 7.05 Å². The summed E-state index contributed by atoms with van der Waals surface area (Å²) in [5.74, 6) is 0. The van der Waals surface area contributed by atoms with E-state index in [1.807, 2.05) is 12.1 Å². The van der Waals surface area contributed by atoms with E-state index in [0.29, 0.717) is 0 Å². The number of rotatable bonds is 0. The van der Waals surface area contributed by atoms with Crippen molar-refractivity contribution in [2.75, 3.05) is 5.32 Å². The second-order valence-electron chi connectivity index (χ2n) is 5.41. The summed E-state index contributed by atoms with van der Waals surface area (Å²) in [6.07, 6.45) is 4.49. The first-order valence-corrected chi connectivity index (χ1v) is 7.65. The number of nitrogens with zero attached hydrogens (tertiary/aromatic N) is 2. The third-order valence-corrected chi connectivity index (χ3v) is 4.86. The predicted octanol–water partition coefficient (Wildman–Crippen LogP) is 3.41. The molecule has 0 atom stereocenters. The van der Waals surface area contributed by atoms with Crippen LogP contribution in [0.25, 0.3) is 16.3 Å². The molecule has 5 heteroatoms. The highest BCUT2D eigenvalue weighted by atomic mass is 79.9. The van der Waals surface area contributed by atoms with Crippen molar-refractivity contribution in [3.05, 3.63) is 38.4 Å². The van der Waals surface area contributed by atoms with Crippen molar-refractivity contribution >= 4 is 38.0 Å². The fourth-order valence-corrected chi connectivity index (χ4v) is 3.64. The molecule has 1 aliphatic carbocycles. The molecule has 1 N–H and O–H groups in total. The molecule has 0 radical (unpaired) electrons. The molecule has 0 unspecified atom stereocenters. The van der Waals surface area contributed by atoms with E-state index in [-0.39, 0.29) is 5.56 Å². The highest BCUT2D eigenvalue weighted by Crippen LogP contribution is 2.43. The average molecular weight is 332 g/mol. The Bertz CT molecular complexity index is 835. The van der Waals surface area contributed by atoms with Crippen LogP contribution in [0, 0.1) is 0 Å². The lowest BCUT2D eigenvalue weighted by Gasteiger charge is -2.28. The lowest BCUT2D eigenvalue weighted by molar-refractivity contribution is 0.686. The average Bonchev–Trinajstić information content (AvgIpc) is 2.46. The van der Waals surface area contributed by atoms with Gasteiger partial charge in [-0.3, -0.25) is 4.79 Å². The van der Waals surface area contributed by atoms with Crippen molar-refractivity contribution in [3.8, 4) is 0 Å². The molecule has 0 amide bonds. The van der Waals surface area contributed by atoms with E-state index in [4.69, 9.17) is 0 Å². The summed E-state index contributed by atoms with van der Waals surface area (Å²) < 4.78 is 2.44. The number of halogens is 1. The maximum atomic E-state index is 12.3. The van der Waals surface area contributed by atoms with Gasteiger partial charge in [0.15, 0.2) is 0 Å². The van der Waals surface area contributed by atoms with Gasteiger partial charge >= 0.3 is 0 Å². The third kappa shape index (κ3) is 1.53. The number of aromatic nitrogens is 2. The number of benzene rings is 1. The van der Waals surface area contributed by atoms with Crippen LogP contribution in [0.4, 0.5) is 5.69 Å². The van der Waals surface area contributed by atoms with Gasteiger partial charge in [-0.25, -0.2) is 4.68 Å². The Hall–Kier alpha value is -1.62. The molecule has 0 saturated carbocycles. The van der Waals surface area contributed by atoms with E-state index >= 15 is 0 Å². The number of nitrogens with one attached hydrogen (secondary N) is 1. The van der Waals surface area contributed by atoms with E-state index in [1.54, 1.807) is 7.05 Å². The molecule has 0 saturated heterocycles. The predicted molar refractivity (Wildman–Crippen MR) is 83.7 cm³/mol. The SMILES string of the molecule is Cn1nc2c3c(c(Br)ccc3c1=O)NC1=C2CCCC1. The molecule has 4 nitrogen and oxygen atoms in total.